The maximum Gasteiger partial charge on any atom is 0.419 e. The Morgan fingerprint density at radius 3 is 2.53 bits per heavy atom. The second-order valence-corrected chi connectivity index (χ2v) is 2.86. The van der Waals surface area contributed by atoms with Crippen LogP contribution < -0.4 is 5.32 Å². The van der Waals surface area contributed by atoms with E-state index in [4.69, 9.17) is 0 Å². The summed E-state index contributed by atoms with van der Waals surface area (Å²) in [6.45, 7) is 3.73. The van der Waals surface area contributed by atoms with Gasteiger partial charge in [0, 0.05) is 12.2 Å². The zero-order valence-electron chi connectivity index (χ0n) is 7.74. The molecule has 0 spiro atoms. The smallest absolute Gasteiger partial charge is 0.382 e. The lowest BCUT2D eigenvalue weighted by molar-refractivity contribution is -0.139. The molecule has 0 aromatic heterocycles. The molecule has 0 aliphatic rings. The number of nitrogens with one attached hydrogen (secondary N) is 1. The van der Waals surface area contributed by atoms with Crippen molar-refractivity contribution >= 4 is 5.69 Å². The van der Waals surface area contributed by atoms with Gasteiger partial charge in [-0.2, -0.15) is 13.2 Å². The maximum atomic E-state index is 12.8. The largest absolute Gasteiger partial charge is 0.419 e. The molecule has 0 bridgehead atoms. The Balaban J connectivity index is 3.00. The molecule has 1 aromatic carbocycles. The van der Waals surface area contributed by atoms with E-state index < -0.39 is 17.6 Å². The Morgan fingerprint density at radius 2 is 2.00 bits per heavy atom. The van der Waals surface area contributed by atoms with E-state index in [0.717, 1.165) is 12.1 Å². The molecule has 0 saturated carbocycles. The van der Waals surface area contributed by atoms with Crippen molar-refractivity contribution in [1.82, 2.24) is 0 Å². The van der Waals surface area contributed by atoms with Crippen molar-refractivity contribution in [3.63, 3.8) is 0 Å². The molecule has 0 atom stereocenters. The van der Waals surface area contributed by atoms with E-state index in [1.807, 2.05) is 0 Å². The molecule has 0 aliphatic carbocycles. The predicted octanol–water partition coefficient (Wildman–Crippen LogP) is 3.44. The number of anilines is 1. The van der Waals surface area contributed by atoms with Crippen LogP contribution in [0.5, 0.6) is 0 Å². The Bertz CT molecular complexity index is 357. The molecule has 5 heteroatoms. The van der Waals surface area contributed by atoms with Gasteiger partial charge in [0.25, 0.3) is 0 Å². The number of halogens is 4. The van der Waals surface area contributed by atoms with E-state index in [0.29, 0.717) is 6.54 Å². The van der Waals surface area contributed by atoms with Crippen LogP contribution in [-0.4, -0.2) is 6.54 Å². The van der Waals surface area contributed by atoms with Crippen LogP contribution in [0.1, 0.15) is 5.56 Å². The summed E-state index contributed by atoms with van der Waals surface area (Å²) in [4.78, 5) is 0. The van der Waals surface area contributed by atoms with Crippen molar-refractivity contribution in [3.05, 3.63) is 42.2 Å². The Labute approximate surface area is 84.4 Å². The van der Waals surface area contributed by atoms with E-state index in [1.165, 1.54) is 12.1 Å². The lowest BCUT2D eigenvalue weighted by atomic mass is 10.2. The molecule has 1 aromatic rings. The first-order chi connectivity index (χ1) is 6.95. The zero-order valence-corrected chi connectivity index (χ0v) is 7.74. The average molecular weight is 219 g/mol. The highest BCUT2D eigenvalue weighted by molar-refractivity contribution is 5.47. The fraction of sp³-hybridized carbons (Fsp3) is 0.200. The summed E-state index contributed by atoms with van der Waals surface area (Å²) in [5, 5.41) is 2.65. The third-order valence-electron chi connectivity index (χ3n) is 1.72. The van der Waals surface area contributed by atoms with Gasteiger partial charge >= 0.3 is 6.18 Å². The number of alkyl halides is 3. The van der Waals surface area contributed by atoms with Crippen LogP contribution >= 0.6 is 0 Å². The number of hydrogen-bond acceptors (Lipinski definition) is 1. The van der Waals surface area contributed by atoms with E-state index in [1.54, 1.807) is 0 Å². The minimum absolute atomic E-state index is 0.212. The SMILES string of the molecule is C=CCNc1ccc(F)c(C(F)(F)F)c1. The Hall–Kier alpha value is -1.52. The number of benzene rings is 1. The van der Waals surface area contributed by atoms with Crippen LogP contribution in [0.25, 0.3) is 0 Å². The summed E-state index contributed by atoms with van der Waals surface area (Å²) in [6.07, 6.45) is -3.17. The second-order valence-electron chi connectivity index (χ2n) is 2.86. The number of hydrogen-bond donors (Lipinski definition) is 1. The maximum absolute atomic E-state index is 12.8. The van der Waals surface area contributed by atoms with Crippen molar-refractivity contribution in [1.29, 1.82) is 0 Å². The predicted molar refractivity (Wildman–Crippen MR) is 50.1 cm³/mol. The highest BCUT2D eigenvalue weighted by Gasteiger charge is 2.34. The van der Waals surface area contributed by atoms with Gasteiger partial charge in [-0.25, -0.2) is 4.39 Å². The van der Waals surface area contributed by atoms with Gasteiger partial charge < -0.3 is 5.32 Å². The van der Waals surface area contributed by atoms with Gasteiger partial charge in [0.05, 0.1) is 5.56 Å². The van der Waals surface area contributed by atoms with Crippen molar-refractivity contribution in [2.75, 3.05) is 11.9 Å². The lowest BCUT2D eigenvalue weighted by Crippen LogP contribution is -2.09. The fourth-order valence-corrected chi connectivity index (χ4v) is 1.04. The van der Waals surface area contributed by atoms with Gasteiger partial charge in [0.2, 0.25) is 0 Å². The normalized spacial score (nSPS) is 11.2. The van der Waals surface area contributed by atoms with E-state index in [2.05, 4.69) is 11.9 Å². The van der Waals surface area contributed by atoms with Crippen molar-refractivity contribution < 1.29 is 17.6 Å². The van der Waals surface area contributed by atoms with Gasteiger partial charge in [-0.1, -0.05) is 6.08 Å². The first kappa shape index (κ1) is 11.6. The summed E-state index contributed by atoms with van der Waals surface area (Å²) < 4.78 is 49.6. The summed E-state index contributed by atoms with van der Waals surface area (Å²) in [5.74, 6) is -1.27. The molecule has 0 fully saturated rings. The quantitative estimate of drug-likeness (QED) is 0.606. The zero-order chi connectivity index (χ0) is 11.5. The van der Waals surface area contributed by atoms with Gasteiger partial charge in [0.15, 0.2) is 0 Å². The lowest BCUT2D eigenvalue weighted by Gasteiger charge is -2.10. The summed E-state index contributed by atoms with van der Waals surface area (Å²) >= 11 is 0. The van der Waals surface area contributed by atoms with Crippen molar-refractivity contribution in [2.24, 2.45) is 0 Å². The van der Waals surface area contributed by atoms with Gasteiger partial charge in [-0.05, 0) is 18.2 Å². The molecule has 0 amide bonds. The van der Waals surface area contributed by atoms with E-state index in [9.17, 15) is 17.6 Å². The highest BCUT2D eigenvalue weighted by Crippen LogP contribution is 2.32. The van der Waals surface area contributed by atoms with Crippen LogP contribution in [0, 0.1) is 5.82 Å². The minimum atomic E-state index is -4.67. The van der Waals surface area contributed by atoms with Crippen LogP contribution in [-0.2, 0) is 6.18 Å². The molecule has 1 nitrogen and oxygen atoms in total. The summed E-state index contributed by atoms with van der Waals surface area (Å²) in [7, 11) is 0. The molecule has 82 valence electrons. The standard InChI is InChI=1S/C10H9F4N/c1-2-5-15-7-3-4-9(11)8(6-7)10(12,13)14/h2-4,6,15H,1,5H2. The fourth-order valence-electron chi connectivity index (χ4n) is 1.04. The topological polar surface area (TPSA) is 12.0 Å². The van der Waals surface area contributed by atoms with Crippen molar-refractivity contribution in [3.8, 4) is 0 Å². The summed E-state index contributed by atoms with van der Waals surface area (Å²) in [5.41, 5.74) is -1.06. The van der Waals surface area contributed by atoms with Gasteiger partial charge in [-0.3, -0.25) is 0 Å². The average Bonchev–Trinajstić information content (AvgIpc) is 2.15. The molecular weight excluding hydrogens is 210 g/mol. The molecule has 0 saturated heterocycles. The third-order valence-corrected chi connectivity index (χ3v) is 1.72. The molecule has 1 N–H and O–H groups in total. The molecule has 1 rings (SSSR count). The van der Waals surface area contributed by atoms with Crippen LogP contribution in [0.3, 0.4) is 0 Å². The van der Waals surface area contributed by atoms with Crippen LogP contribution in [0.2, 0.25) is 0 Å². The first-order valence-electron chi connectivity index (χ1n) is 4.16. The van der Waals surface area contributed by atoms with Crippen LogP contribution in [0.15, 0.2) is 30.9 Å². The molecule has 0 heterocycles. The summed E-state index contributed by atoms with van der Waals surface area (Å²) in [6, 6.07) is 2.77. The molecular formula is C10H9F4N. The van der Waals surface area contributed by atoms with Crippen LogP contribution in [0.4, 0.5) is 23.2 Å². The number of rotatable bonds is 3. The minimum Gasteiger partial charge on any atom is -0.382 e. The van der Waals surface area contributed by atoms with E-state index in [-0.39, 0.29) is 5.69 Å². The van der Waals surface area contributed by atoms with E-state index >= 15 is 0 Å². The highest BCUT2D eigenvalue weighted by atomic mass is 19.4. The Kier molecular flexibility index (Phi) is 3.34. The van der Waals surface area contributed by atoms with Gasteiger partial charge in [0.1, 0.15) is 5.82 Å². The second kappa shape index (κ2) is 4.33. The third kappa shape index (κ3) is 2.97. The first-order valence-corrected chi connectivity index (χ1v) is 4.16. The monoisotopic (exact) mass is 219 g/mol. The molecule has 0 unspecified atom stereocenters. The Morgan fingerprint density at radius 1 is 1.33 bits per heavy atom. The van der Waals surface area contributed by atoms with Gasteiger partial charge in [-0.15, -0.1) is 6.58 Å². The molecule has 15 heavy (non-hydrogen) atoms. The van der Waals surface area contributed by atoms with Crippen molar-refractivity contribution in [2.45, 2.75) is 6.18 Å². The molecule has 0 radical (unpaired) electrons. The molecule has 0 aliphatic heterocycles.